The van der Waals surface area contributed by atoms with E-state index in [0.717, 1.165) is 17.9 Å². The Bertz CT molecular complexity index is 353. The average molecular weight is 225 g/mol. The SMILES string of the molecule is CC(C)(O)CN1CCC(O)c2ccoc2C1. The van der Waals surface area contributed by atoms with Crippen LogP contribution in [0.15, 0.2) is 16.7 Å². The summed E-state index contributed by atoms with van der Waals surface area (Å²) < 4.78 is 5.37. The van der Waals surface area contributed by atoms with Crippen molar-refractivity contribution in [1.29, 1.82) is 0 Å². The van der Waals surface area contributed by atoms with Gasteiger partial charge in [-0.2, -0.15) is 0 Å². The smallest absolute Gasteiger partial charge is 0.123 e. The van der Waals surface area contributed by atoms with Crippen molar-refractivity contribution in [1.82, 2.24) is 4.90 Å². The van der Waals surface area contributed by atoms with Crippen molar-refractivity contribution >= 4 is 0 Å². The molecule has 2 heterocycles. The molecule has 1 aliphatic heterocycles. The highest BCUT2D eigenvalue weighted by Gasteiger charge is 2.26. The van der Waals surface area contributed by atoms with E-state index < -0.39 is 11.7 Å². The minimum Gasteiger partial charge on any atom is -0.468 e. The second-order valence-electron chi connectivity index (χ2n) is 5.13. The Morgan fingerprint density at radius 1 is 1.56 bits per heavy atom. The second-order valence-corrected chi connectivity index (χ2v) is 5.13. The number of hydrogen-bond acceptors (Lipinski definition) is 4. The Morgan fingerprint density at radius 3 is 3.00 bits per heavy atom. The van der Waals surface area contributed by atoms with E-state index in [1.165, 1.54) is 0 Å². The molecule has 0 aliphatic carbocycles. The van der Waals surface area contributed by atoms with Gasteiger partial charge in [-0.1, -0.05) is 0 Å². The van der Waals surface area contributed by atoms with Gasteiger partial charge in [0.15, 0.2) is 0 Å². The Hall–Kier alpha value is -0.840. The molecule has 0 aromatic carbocycles. The van der Waals surface area contributed by atoms with Crippen molar-refractivity contribution in [2.75, 3.05) is 13.1 Å². The van der Waals surface area contributed by atoms with Gasteiger partial charge in [0, 0.05) is 18.7 Å². The van der Waals surface area contributed by atoms with E-state index in [2.05, 4.69) is 4.90 Å². The zero-order chi connectivity index (χ0) is 11.8. The van der Waals surface area contributed by atoms with Gasteiger partial charge in [-0.25, -0.2) is 0 Å². The van der Waals surface area contributed by atoms with Crippen LogP contribution in [-0.2, 0) is 6.54 Å². The molecule has 1 atom stereocenters. The van der Waals surface area contributed by atoms with Gasteiger partial charge in [0.1, 0.15) is 5.76 Å². The van der Waals surface area contributed by atoms with Gasteiger partial charge in [-0.15, -0.1) is 0 Å². The van der Waals surface area contributed by atoms with Gasteiger partial charge in [0.2, 0.25) is 0 Å². The lowest BCUT2D eigenvalue weighted by atomic mass is 10.1. The van der Waals surface area contributed by atoms with Crippen molar-refractivity contribution < 1.29 is 14.6 Å². The zero-order valence-corrected chi connectivity index (χ0v) is 9.81. The van der Waals surface area contributed by atoms with Gasteiger partial charge >= 0.3 is 0 Å². The van der Waals surface area contributed by atoms with Crippen LogP contribution in [0.25, 0.3) is 0 Å². The predicted molar refractivity (Wildman–Crippen MR) is 59.9 cm³/mol. The summed E-state index contributed by atoms with van der Waals surface area (Å²) in [7, 11) is 0. The van der Waals surface area contributed by atoms with Crippen LogP contribution < -0.4 is 0 Å². The summed E-state index contributed by atoms with van der Waals surface area (Å²) in [6.07, 6.45) is 1.85. The maximum absolute atomic E-state index is 9.90. The molecule has 1 unspecified atom stereocenters. The number of nitrogens with zero attached hydrogens (tertiary/aromatic N) is 1. The van der Waals surface area contributed by atoms with Gasteiger partial charge in [0.25, 0.3) is 0 Å². The first-order chi connectivity index (χ1) is 7.46. The van der Waals surface area contributed by atoms with Gasteiger partial charge in [0.05, 0.1) is 24.5 Å². The Labute approximate surface area is 95.5 Å². The fraction of sp³-hybridized carbons (Fsp3) is 0.667. The molecule has 4 heteroatoms. The first kappa shape index (κ1) is 11.6. The van der Waals surface area contributed by atoms with Crippen LogP contribution in [-0.4, -0.2) is 33.8 Å². The van der Waals surface area contributed by atoms with Crippen molar-refractivity contribution in [3.8, 4) is 0 Å². The van der Waals surface area contributed by atoms with Crippen LogP contribution in [0, 0.1) is 0 Å². The number of aliphatic hydroxyl groups excluding tert-OH is 1. The second kappa shape index (κ2) is 4.20. The van der Waals surface area contributed by atoms with Crippen LogP contribution in [0.2, 0.25) is 0 Å². The molecule has 1 aromatic heterocycles. The molecule has 90 valence electrons. The molecule has 1 aromatic rings. The van der Waals surface area contributed by atoms with E-state index in [0.29, 0.717) is 19.5 Å². The Kier molecular flexibility index (Phi) is 3.06. The number of furan rings is 1. The zero-order valence-electron chi connectivity index (χ0n) is 9.81. The van der Waals surface area contributed by atoms with Gasteiger partial charge < -0.3 is 14.6 Å². The minimum atomic E-state index is -0.720. The van der Waals surface area contributed by atoms with Crippen molar-refractivity contribution in [2.24, 2.45) is 0 Å². The van der Waals surface area contributed by atoms with Crippen molar-refractivity contribution in [2.45, 2.75) is 38.5 Å². The van der Waals surface area contributed by atoms with E-state index in [-0.39, 0.29) is 0 Å². The molecule has 1 aliphatic rings. The van der Waals surface area contributed by atoms with E-state index >= 15 is 0 Å². The lowest BCUT2D eigenvalue weighted by Gasteiger charge is -2.27. The maximum atomic E-state index is 9.90. The van der Waals surface area contributed by atoms with Crippen LogP contribution in [0.5, 0.6) is 0 Å². The van der Waals surface area contributed by atoms with Crippen molar-refractivity contribution in [3.63, 3.8) is 0 Å². The molecule has 0 bridgehead atoms. The highest BCUT2D eigenvalue weighted by atomic mass is 16.3. The van der Waals surface area contributed by atoms with Gasteiger partial charge in [-0.3, -0.25) is 4.90 Å². The van der Waals surface area contributed by atoms with Crippen molar-refractivity contribution in [3.05, 3.63) is 23.7 Å². The molecular weight excluding hydrogens is 206 g/mol. The monoisotopic (exact) mass is 225 g/mol. The van der Waals surface area contributed by atoms with E-state index in [4.69, 9.17) is 4.42 Å². The summed E-state index contributed by atoms with van der Waals surface area (Å²) in [6, 6.07) is 1.83. The minimum absolute atomic E-state index is 0.444. The predicted octanol–water partition coefficient (Wildman–Crippen LogP) is 1.29. The summed E-state index contributed by atoms with van der Waals surface area (Å²) in [4.78, 5) is 2.11. The molecule has 0 spiro atoms. The summed E-state index contributed by atoms with van der Waals surface area (Å²) in [5.41, 5.74) is 0.167. The van der Waals surface area contributed by atoms with Crippen LogP contribution in [0.3, 0.4) is 0 Å². The first-order valence-electron chi connectivity index (χ1n) is 5.65. The molecule has 0 saturated carbocycles. The molecule has 0 saturated heterocycles. The fourth-order valence-electron chi connectivity index (χ4n) is 2.20. The molecule has 16 heavy (non-hydrogen) atoms. The lowest BCUT2D eigenvalue weighted by molar-refractivity contribution is 0.0290. The summed E-state index contributed by atoms with van der Waals surface area (Å²) in [6.45, 7) is 5.59. The average Bonchev–Trinajstić information content (AvgIpc) is 2.54. The standard InChI is InChI=1S/C12H19NO3/c1-12(2,15)8-13-5-3-10(14)9-4-6-16-11(9)7-13/h4,6,10,14-15H,3,5,7-8H2,1-2H3. The molecule has 2 N–H and O–H groups in total. The normalized spacial score (nSPS) is 22.9. The largest absolute Gasteiger partial charge is 0.468 e. The summed E-state index contributed by atoms with van der Waals surface area (Å²) in [5.74, 6) is 0.814. The highest BCUT2D eigenvalue weighted by molar-refractivity contribution is 5.21. The van der Waals surface area contributed by atoms with E-state index in [1.807, 2.05) is 6.07 Å². The lowest BCUT2D eigenvalue weighted by Crippen LogP contribution is -2.38. The number of rotatable bonds is 2. The molecule has 4 nitrogen and oxygen atoms in total. The number of fused-ring (bicyclic) bond motifs is 1. The number of aliphatic hydroxyl groups is 2. The highest BCUT2D eigenvalue weighted by Crippen LogP contribution is 2.27. The van der Waals surface area contributed by atoms with Crippen LogP contribution in [0.1, 0.15) is 37.7 Å². The number of β-amino-alcohol motifs (C(OH)–C–C–N with tert-alkyl or cyclic N) is 1. The Balaban J connectivity index is 2.12. The quantitative estimate of drug-likeness (QED) is 0.796. The third-order valence-corrected chi connectivity index (χ3v) is 2.84. The molecule has 0 amide bonds. The summed E-state index contributed by atoms with van der Waals surface area (Å²) >= 11 is 0. The fourth-order valence-corrected chi connectivity index (χ4v) is 2.20. The molecule has 0 fully saturated rings. The van der Waals surface area contributed by atoms with E-state index in [9.17, 15) is 10.2 Å². The van der Waals surface area contributed by atoms with Crippen LogP contribution in [0.4, 0.5) is 0 Å². The third-order valence-electron chi connectivity index (χ3n) is 2.84. The third kappa shape index (κ3) is 2.64. The summed E-state index contributed by atoms with van der Waals surface area (Å²) in [5, 5.41) is 19.7. The van der Waals surface area contributed by atoms with Crippen LogP contribution >= 0.6 is 0 Å². The Morgan fingerprint density at radius 2 is 2.31 bits per heavy atom. The van der Waals surface area contributed by atoms with E-state index in [1.54, 1.807) is 20.1 Å². The molecule has 0 radical (unpaired) electrons. The molecule has 2 rings (SSSR count). The topological polar surface area (TPSA) is 56.8 Å². The number of hydrogen-bond donors (Lipinski definition) is 2. The first-order valence-corrected chi connectivity index (χ1v) is 5.65. The maximum Gasteiger partial charge on any atom is 0.123 e. The molecular formula is C12H19NO3. The van der Waals surface area contributed by atoms with Gasteiger partial charge in [-0.05, 0) is 26.3 Å².